The quantitative estimate of drug-likeness (QED) is 0.780. The van der Waals surface area contributed by atoms with Gasteiger partial charge in [-0.3, -0.25) is 4.90 Å². The Morgan fingerprint density at radius 3 is 1.95 bits per heavy atom. The van der Waals surface area contributed by atoms with E-state index in [-0.39, 0.29) is 0 Å². The molecule has 2 rings (SSSR count). The smallest absolute Gasteiger partial charge is 0.118 e. The van der Waals surface area contributed by atoms with Crippen molar-refractivity contribution >= 4 is 0 Å². The molecule has 0 radical (unpaired) electrons. The molecule has 2 nitrogen and oxygen atoms in total. The van der Waals surface area contributed by atoms with Gasteiger partial charge in [-0.15, -0.1) is 0 Å². The van der Waals surface area contributed by atoms with Crippen molar-refractivity contribution in [2.45, 2.75) is 20.0 Å². The monoisotopic (exact) mass is 255 g/mol. The second kappa shape index (κ2) is 6.95. The zero-order chi connectivity index (χ0) is 13.5. The first kappa shape index (κ1) is 13.6. The summed E-state index contributed by atoms with van der Waals surface area (Å²) < 4.78 is 5.18. The van der Waals surface area contributed by atoms with Crippen LogP contribution in [0.3, 0.4) is 0 Å². The van der Waals surface area contributed by atoms with E-state index in [1.807, 2.05) is 12.1 Å². The number of hydrogen-bond donors (Lipinski definition) is 0. The fourth-order valence-electron chi connectivity index (χ4n) is 2.11. The van der Waals surface area contributed by atoms with Crippen LogP contribution >= 0.6 is 0 Å². The van der Waals surface area contributed by atoms with Crippen LogP contribution < -0.4 is 4.74 Å². The molecule has 0 aliphatic heterocycles. The molecule has 0 atom stereocenters. The molecule has 0 aliphatic rings. The molecule has 0 aliphatic carbocycles. The summed E-state index contributed by atoms with van der Waals surface area (Å²) in [6, 6.07) is 18.9. The van der Waals surface area contributed by atoms with Crippen LogP contribution in [-0.4, -0.2) is 18.6 Å². The third-order valence-electron chi connectivity index (χ3n) is 3.26. The predicted octanol–water partition coefficient (Wildman–Crippen LogP) is 3.72. The lowest BCUT2D eigenvalue weighted by Crippen LogP contribution is -2.22. The van der Waals surface area contributed by atoms with Crippen molar-refractivity contribution in [1.82, 2.24) is 4.90 Å². The van der Waals surface area contributed by atoms with Gasteiger partial charge in [0.1, 0.15) is 5.75 Å². The Morgan fingerprint density at radius 2 is 1.42 bits per heavy atom. The van der Waals surface area contributed by atoms with Gasteiger partial charge < -0.3 is 4.74 Å². The highest BCUT2D eigenvalue weighted by Gasteiger charge is 2.04. The normalized spacial score (nSPS) is 10.7. The molecule has 0 heterocycles. The van der Waals surface area contributed by atoms with Gasteiger partial charge in [0.25, 0.3) is 0 Å². The van der Waals surface area contributed by atoms with E-state index in [1.165, 1.54) is 11.1 Å². The molecule has 0 saturated carbocycles. The molecule has 0 spiro atoms. The van der Waals surface area contributed by atoms with Gasteiger partial charge in [-0.25, -0.2) is 0 Å². The van der Waals surface area contributed by atoms with Crippen LogP contribution in [0.2, 0.25) is 0 Å². The zero-order valence-corrected chi connectivity index (χ0v) is 11.7. The van der Waals surface area contributed by atoms with Gasteiger partial charge in [0.2, 0.25) is 0 Å². The topological polar surface area (TPSA) is 12.5 Å². The summed E-state index contributed by atoms with van der Waals surface area (Å²) in [5.74, 6) is 0.912. The average Bonchev–Trinajstić information content (AvgIpc) is 2.48. The van der Waals surface area contributed by atoms with E-state index in [2.05, 4.69) is 54.3 Å². The van der Waals surface area contributed by atoms with E-state index < -0.39 is 0 Å². The van der Waals surface area contributed by atoms with Gasteiger partial charge in [0.05, 0.1) is 7.11 Å². The fourth-order valence-corrected chi connectivity index (χ4v) is 2.11. The molecule has 100 valence electrons. The number of rotatable bonds is 6. The predicted molar refractivity (Wildman–Crippen MR) is 79.2 cm³/mol. The number of methoxy groups -OCH3 is 1. The van der Waals surface area contributed by atoms with Crippen molar-refractivity contribution in [2.24, 2.45) is 0 Å². The third kappa shape index (κ3) is 4.11. The summed E-state index contributed by atoms with van der Waals surface area (Å²) in [6.45, 7) is 5.20. The first-order valence-electron chi connectivity index (χ1n) is 6.71. The number of benzene rings is 2. The lowest BCUT2D eigenvalue weighted by Gasteiger charge is -2.20. The number of ether oxygens (including phenoxy) is 1. The van der Waals surface area contributed by atoms with Gasteiger partial charge in [-0.1, -0.05) is 49.4 Å². The minimum absolute atomic E-state index is 0.912. The van der Waals surface area contributed by atoms with Gasteiger partial charge in [0, 0.05) is 13.1 Å². The van der Waals surface area contributed by atoms with E-state index >= 15 is 0 Å². The lowest BCUT2D eigenvalue weighted by molar-refractivity contribution is 0.271. The van der Waals surface area contributed by atoms with Crippen LogP contribution in [0.1, 0.15) is 18.1 Å². The van der Waals surface area contributed by atoms with Crippen molar-refractivity contribution in [3.8, 4) is 5.75 Å². The maximum atomic E-state index is 5.18. The van der Waals surface area contributed by atoms with Crippen LogP contribution in [0.15, 0.2) is 54.6 Å². The maximum Gasteiger partial charge on any atom is 0.118 e. The number of nitrogens with zero attached hydrogens (tertiary/aromatic N) is 1. The second-order valence-electron chi connectivity index (χ2n) is 4.64. The summed E-state index contributed by atoms with van der Waals surface area (Å²) in [5.41, 5.74) is 2.68. The van der Waals surface area contributed by atoms with Crippen molar-refractivity contribution < 1.29 is 4.74 Å². The molecule has 0 aromatic heterocycles. The summed E-state index contributed by atoms with van der Waals surface area (Å²) in [7, 11) is 1.70. The van der Waals surface area contributed by atoms with Gasteiger partial charge in [-0.2, -0.15) is 0 Å². The molecule has 2 heteroatoms. The average molecular weight is 255 g/mol. The van der Waals surface area contributed by atoms with E-state index in [1.54, 1.807) is 7.11 Å². The minimum Gasteiger partial charge on any atom is -0.497 e. The molecule has 0 unspecified atom stereocenters. The summed E-state index contributed by atoms with van der Waals surface area (Å²) in [4.78, 5) is 2.43. The van der Waals surface area contributed by atoms with Crippen LogP contribution in [-0.2, 0) is 13.1 Å². The first-order valence-corrected chi connectivity index (χ1v) is 6.71. The highest BCUT2D eigenvalue weighted by atomic mass is 16.5. The highest BCUT2D eigenvalue weighted by Crippen LogP contribution is 2.14. The summed E-state index contributed by atoms with van der Waals surface area (Å²) in [6.07, 6.45) is 0. The molecular formula is C17H21NO. The Bertz CT molecular complexity index is 478. The van der Waals surface area contributed by atoms with Crippen molar-refractivity contribution in [3.63, 3.8) is 0 Å². The Labute approximate surface area is 115 Å². The van der Waals surface area contributed by atoms with E-state index in [9.17, 15) is 0 Å². The molecule has 0 N–H and O–H groups in total. The van der Waals surface area contributed by atoms with Crippen molar-refractivity contribution in [2.75, 3.05) is 13.7 Å². The Morgan fingerprint density at radius 1 is 0.842 bits per heavy atom. The molecule has 0 fully saturated rings. The largest absolute Gasteiger partial charge is 0.497 e. The Hall–Kier alpha value is -1.80. The first-order chi connectivity index (χ1) is 9.31. The van der Waals surface area contributed by atoms with Gasteiger partial charge in [-0.05, 0) is 29.8 Å². The minimum atomic E-state index is 0.912. The third-order valence-corrected chi connectivity index (χ3v) is 3.26. The lowest BCUT2D eigenvalue weighted by atomic mass is 10.1. The van der Waals surface area contributed by atoms with Crippen LogP contribution in [0.5, 0.6) is 5.75 Å². The van der Waals surface area contributed by atoms with E-state index in [0.717, 1.165) is 25.4 Å². The van der Waals surface area contributed by atoms with Crippen molar-refractivity contribution in [3.05, 3.63) is 65.7 Å². The Balaban J connectivity index is 1.98. The van der Waals surface area contributed by atoms with Gasteiger partial charge in [0.15, 0.2) is 0 Å². The molecular weight excluding hydrogens is 234 g/mol. The van der Waals surface area contributed by atoms with Crippen LogP contribution in [0, 0.1) is 0 Å². The standard InChI is InChI=1S/C17H21NO/c1-3-18(13-15-7-5-4-6-8-15)14-16-9-11-17(19-2)12-10-16/h4-12H,3,13-14H2,1-2H3. The molecule has 0 saturated heterocycles. The van der Waals surface area contributed by atoms with Gasteiger partial charge >= 0.3 is 0 Å². The number of hydrogen-bond acceptors (Lipinski definition) is 2. The van der Waals surface area contributed by atoms with E-state index in [0.29, 0.717) is 0 Å². The highest BCUT2D eigenvalue weighted by molar-refractivity contribution is 5.27. The zero-order valence-electron chi connectivity index (χ0n) is 11.7. The maximum absolute atomic E-state index is 5.18. The van der Waals surface area contributed by atoms with Crippen LogP contribution in [0.25, 0.3) is 0 Å². The van der Waals surface area contributed by atoms with E-state index in [4.69, 9.17) is 4.74 Å². The summed E-state index contributed by atoms with van der Waals surface area (Å²) in [5, 5.41) is 0. The second-order valence-corrected chi connectivity index (χ2v) is 4.64. The fraction of sp³-hybridized carbons (Fsp3) is 0.294. The SMILES string of the molecule is CCN(Cc1ccccc1)Cc1ccc(OC)cc1. The van der Waals surface area contributed by atoms with Crippen LogP contribution in [0.4, 0.5) is 0 Å². The van der Waals surface area contributed by atoms with Crippen molar-refractivity contribution in [1.29, 1.82) is 0 Å². The summed E-state index contributed by atoms with van der Waals surface area (Å²) >= 11 is 0. The molecule has 0 amide bonds. The molecule has 19 heavy (non-hydrogen) atoms. The Kier molecular flexibility index (Phi) is 4.99. The molecule has 0 bridgehead atoms. The molecule has 2 aromatic carbocycles. The molecule has 2 aromatic rings.